The van der Waals surface area contributed by atoms with Gasteiger partial charge in [-0.15, -0.1) is 0 Å². The van der Waals surface area contributed by atoms with Crippen LogP contribution in [0, 0.1) is 13.8 Å². The van der Waals surface area contributed by atoms with Gasteiger partial charge in [0.25, 0.3) is 0 Å². The molecule has 3 rings (SSSR count). The van der Waals surface area contributed by atoms with Gasteiger partial charge in [0.15, 0.2) is 5.76 Å². The molecule has 1 fully saturated rings. The van der Waals surface area contributed by atoms with E-state index in [1.54, 1.807) is 6.92 Å². The number of hydrogen-bond acceptors (Lipinski definition) is 7. The van der Waals surface area contributed by atoms with Crippen molar-refractivity contribution in [2.75, 3.05) is 32.8 Å². The van der Waals surface area contributed by atoms with Gasteiger partial charge in [0.2, 0.25) is 15.9 Å². The lowest BCUT2D eigenvalue weighted by atomic mass is 10.1. The van der Waals surface area contributed by atoms with Crippen molar-refractivity contribution in [2.45, 2.75) is 37.8 Å². The summed E-state index contributed by atoms with van der Waals surface area (Å²) in [5.41, 5.74) is 1.21. The maximum Gasteiger partial charge on any atom is 0.246 e. The van der Waals surface area contributed by atoms with Gasteiger partial charge in [0.1, 0.15) is 10.6 Å². The highest BCUT2D eigenvalue weighted by Crippen LogP contribution is 2.19. The number of aromatic nitrogens is 1. The second kappa shape index (κ2) is 9.69. The van der Waals surface area contributed by atoms with Crippen LogP contribution in [0.25, 0.3) is 0 Å². The molecule has 164 valence electrons. The highest BCUT2D eigenvalue weighted by molar-refractivity contribution is 7.89. The lowest BCUT2D eigenvalue weighted by Crippen LogP contribution is -2.49. The van der Waals surface area contributed by atoms with Crippen LogP contribution in [0.3, 0.4) is 0 Å². The predicted octanol–water partition coefficient (Wildman–Crippen LogP) is 1.15. The molecular weight excluding hydrogens is 408 g/mol. The van der Waals surface area contributed by atoms with Crippen LogP contribution < -0.4 is 10.0 Å². The van der Waals surface area contributed by atoms with E-state index in [0.29, 0.717) is 19.8 Å². The van der Waals surface area contributed by atoms with Crippen LogP contribution in [0.2, 0.25) is 0 Å². The summed E-state index contributed by atoms with van der Waals surface area (Å²) in [5, 5.41) is 6.67. The number of rotatable bonds is 8. The lowest BCUT2D eigenvalue weighted by molar-refractivity contribution is -0.123. The summed E-state index contributed by atoms with van der Waals surface area (Å²) < 4.78 is 38.2. The minimum atomic E-state index is -3.94. The molecule has 1 unspecified atom stereocenters. The Labute approximate surface area is 176 Å². The molecule has 2 heterocycles. The number of hydrogen-bond donors (Lipinski definition) is 2. The fourth-order valence-corrected chi connectivity index (χ4v) is 4.99. The number of benzene rings is 1. The van der Waals surface area contributed by atoms with Gasteiger partial charge in [-0.2, -0.15) is 4.72 Å². The van der Waals surface area contributed by atoms with E-state index in [1.165, 1.54) is 13.8 Å². The second-order valence-electron chi connectivity index (χ2n) is 7.38. The number of ether oxygens (including phenoxy) is 1. The fraction of sp³-hybridized carbons (Fsp3) is 0.500. The quantitative estimate of drug-likeness (QED) is 0.638. The van der Waals surface area contributed by atoms with Crippen molar-refractivity contribution in [3.8, 4) is 0 Å². The Bertz CT molecular complexity index is 935. The van der Waals surface area contributed by atoms with Gasteiger partial charge in [0, 0.05) is 19.6 Å². The van der Waals surface area contributed by atoms with Crippen molar-refractivity contribution >= 4 is 15.9 Å². The molecule has 2 N–H and O–H groups in total. The largest absolute Gasteiger partial charge is 0.379 e. The number of sulfonamides is 1. The molecule has 1 saturated heterocycles. The van der Waals surface area contributed by atoms with Crippen molar-refractivity contribution in [1.29, 1.82) is 0 Å². The topological polar surface area (TPSA) is 114 Å². The molecule has 1 amide bonds. The SMILES string of the molecule is Cc1noc(C)c1S(=O)(=O)N[C@@H](C)C(=O)NC(CN1CCOCC1)c1ccccc1. The number of morpholine rings is 1. The summed E-state index contributed by atoms with van der Waals surface area (Å²) in [7, 11) is -3.94. The van der Waals surface area contributed by atoms with Crippen LogP contribution in [0.1, 0.15) is 30.0 Å². The van der Waals surface area contributed by atoms with E-state index in [4.69, 9.17) is 9.26 Å². The monoisotopic (exact) mass is 436 g/mol. The number of aryl methyl sites for hydroxylation is 2. The Hall–Kier alpha value is -2.27. The van der Waals surface area contributed by atoms with Crippen LogP contribution in [-0.4, -0.2) is 63.3 Å². The average molecular weight is 437 g/mol. The van der Waals surface area contributed by atoms with Crippen LogP contribution in [0.5, 0.6) is 0 Å². The van der Waals surface area contributed by atoms with E-state index in [-0.39, 0.29) is 22.4 Å². The molecule has 0 spiro atoms. The van der Waals surface area contributed by atoms with Gasteiger partial charge in [0.05, 0.1) is 25.3 Å². The Morgan fingerprint density at radius 1 is 1.20 bits per heavy atom. The van der Waals surface area contributed by atoms with E-state index in [0.717, 1.165) is 18.7 Å². The van der Waals surface area contributed by atoms with E-state index in [9.17, 15) is 13.2 Å². The highest BCUT2D eigenvalue weighted by Gasteiger charge is 2.29. The summed E-state index contributed by atoms with van der Waals surface area (Å²) in [6.07, 6.45) is 0. The number of carbonyl (C=O) groups is 1. The van der Waals surface area contributed by atoms with Crippen molar-refractivity contribution in [1.82, 2.24) is 20.1 Å². The molecule has 2 atom stereocenters. The Balaban J connectivity index is 1.71. The molecule has 2 aromatic rings. The third kappa shape index (κ3) is 5.45. The fourth-order valence-electron chi connectivity index (χ4n) is 3.46. The maximum absolute atomic E-state index is 12.9. The van der Waals surface area contributed by atoms with Crippen LogP contribution >= 0.6 is 0 Å². The first-order valence-corrected chi connectivity index (χ1v) is 11.4. The smallest absolute Gasteiger partial charge is 0.246 e. The van der Waals surface area contributed by atoms with E-state index in [1.807, 2.05) is 30.3 Å². The number of amides is 1. The molecule has 1 aromatic heterocycles. The van der Waals surface area contributed by atoms with Crippen molar-refractivity contribution < 1.29 is 22.5 Å². The normalized spacial score (nSPS) is 17.4. The molecule has 1 aromatic carbocycles. The summed E-state index contributed by atoms with van der Waals surface area (Å²) in [5.74, 6) is -0.227. The minimum absolute atomic E-state index is 0.0323. The van der Waals surface area contributed by atoms with E-state index in [2.05, 4.69) is 20.1 Å². The summed E-state index contributed by atoms with van der Waals surface area (Å²) in [6.45, 7) is 8.08. The van der Waals surface area contributed by atoms with Crippen molar-refractivity contribution in [3.63, 3.8) is 0 Å². The third-order valence-electron chi connectivity index (χ3n) is 5.02. The van der Waals surface area contributed by atoms with Crippen molar-refractivity contribution in [3.05, 3.63) is 47.3 Å². The Morgan fingerprint density at radius 2 is 1.87 bits per heavy atom. The Morgan fingerprint density at radius 3 is 2.47 bits per heavy atom. The van der Waals surface area contributed by atoms with Crippen LogP contribution in [0.4, 0.5) is 0 Å². The van der Waals surface area contributed by atoms with E-state index >= 15 is 0 Å². The third-order valence-corrected chi connectivity index (χ3v) is 6.81. The maximum atomic E-state index is 12.9. The lowest BCUT2D eigenvalue weighted by Gasteiger charge is -2.31. The number of nitrogens with zero attached hydrogens (tertiary/aromatic N) is 2. The zero-order valence-corrected chi connectivity index (χ0v) is 18.2. The van der Waals surface area contributed by atoms with Crippen molar-refractivity contribution in [2.24, 2.45) is 0 Å². The zero-order valence-electron chi connectivity index (χ0n) is 17.4. The molecule has 9 nitrogen and oxygen atoms in total. The molecule has 0 radical (unpaired) electrons. The second-order valence-corrected chi connectivity index (χ2v) is 9.03. The average Bonchev–Trinajstić information content (AvgIpc) is 3.07. The van der Waals surface area contributed by atoms with E-state index < -0.39 is 22.0 Å². The first kappa shape index (κ1) is 22.4. The molecule has 30 heavy (non-hydrogen) atoms. The van der Waals surface area contributed by atoms with Gasteiger partial charge >= 0.3 is 0 Å². The number of carbonyl (C=O) groups excluding carboxylic acids is 1. The zero-order chi connectivity index (χ0) is 21.7. The summed E-state index contributed by atoms with van der Waals surface area (Å²) in [6, 6.07) is 8.39. The van der Waals surface area contributed by atoms with Crippen LogP contribution in [-0.2, 0) is 19.6 Å². The summed E-state index contributed by atoms with van der Waals surface area (Å²) >= 11 is 0. The predicted molar refractivity (Wildman–Crippen MR) is 110 cm³/mol. The molecule has 1 aliphatic heterocycles. The van der Waals surface area contributed by atoms with Gasteiger partial charge in [-0.1, -0.05) is 35.5 Å². The molecule has 0 aliphatic carbocycles. The molecular formula is C20H28N4O5S. The highest BCUT2D eigenvalue weighted by atomic mass is 32.2. The molecule has 0 bridgehead atoms. The molecule has 1 aliphatic rings. The van der Waals surface area contributed by atoms with Crippen LogP contribution in [0.15, 0.2) is 39.8 Å². The first-order valence-electron chi connectivity index (χ1n) is 9.88. The van der Waals surface area contributed by atoms with Gasteiger partial charge in [-0.05, 0) is 26.3 Å². The van der Waals surface area contributed by atoms with Gasteiger partial charge in [-0.3, -0.25) is 9.69 Å². The molecule has 0 saturated carbocycles. The first-order chi connectivity index (χ1) is 14.3. The van der Waals surface area contributed by atoms with Gasteiger partial charge < -0.3 is 14.6 Å². The van der Waals surface area contributed by atoms with Gasteiger partial charge in [-0.25, -0.2) is 8.42 Å². The summed E-state index contributed by atoms with van der Waals surface area (Å²) in [4.78, 5) is 15.1. The minimum Gasteiger partial charge on any atom is -0.379 e. The standard InChI is InChI=1S/C20H28N4O5S/c1-14-19(16(3)29-22-14)30(26,27)23-15(2)20(25)21-18(17-7-5-4-6-8-17)13-24-9-11-28-12-10-24/h4-8,15,18,23H,9-13H2,1-3H3,(H,21,25)/t15-,18?/m0/s1. The Kier molecular flexibility index (Phi) is 7.24. The number of nitrogens with one attached hydrogen (secondary N) is 2. The molecule has 10 heteroatoms.